The number of benzene rings is 1. The highest BCUT2D eigenvalue weighted by atomic mass is 19.4. The van der Waals surface area contributed by atoms with E-state index in [9.17, 15) is 32.4 Å². The zero-order valence-electron chi connectivity index (χ0n) is 19.6. The maximum atomic E-state index is 14.6. The number of hydrogen-bond donors (Lipinski definition) is 1. The molecule has 3 rings (SSSR count). The van der Waals surface area contributed by atoms with Crippen molar-refractivity contribution in [1.29, 1.82) is 5.26 Å². The standard InChI is InChI=1S/C25H22F4N4O3/c1-4-36-20-8-16(14-5-6-15(9-21(31)34)19(26)7-14)12-33(23(20)35)17-10-18(25(27,28)29)22(32-11-17)24(2,3)13-30/h5-8,10-12H,4,9H2,1-3H3,(H2,31,34). The molecule has 0 aliphatic heterocycles. The molecular weight excluding hydrogens is 480 g/mol. The molecule has 0 spiro atoms. The van der Waals surface area contributed by atoms with Gasteiger partial charge >= 0.3 is 6.18 Å². The monoisotopic (exact) mass is 502 g/mol. The smallest absolute Gasteiger partial charge is 0.418 e. The zero-order valence-corrected chi connectivity index (χ0v) is 19.6. The number of ether oxygens (including phenoxy) is 1. The van der Waals surface area contributed by atoms with Crippen LogP contribution in [0.4, 0.5) is 17.6 Å². The van der Waals surface area contributed by atoms with Gasteiger partial charge in [-0.1, -0.05) is 12.1 Å². The topological polar surface area (TPSA) is 111 Å². The van der Waals surface area contributed by atoms with Crippen LogP contribution >= 0.6 is 0 Å². The van der Waals surface area contributed by atoms with Crippen LogP contribution in [-0.2, 0) is 22.8 Å². The molecule has 1 amide bonds. The molecule has 0 radical (unpaired) electrons. The molecule has 2 heterocycles. The summed E-state index contributed by atoms with van der Waals surface area (Å²) in [6.45, 7) is 4.32. The number of nitriles is 1. The number of carbonyl (C=O) groups excluding carboxylic acids is 1. The number of aromatic nitrogens is 2. The van der Waals surface area contributed by atoms with Crippen molar-refractivity contribution in [2.24, 2.45) is 5.73 Å². The van der Waals surface area contributed by atoms with Gasteiger partial charge in [0.1, 0.15) is 5.82 Å². The Morgan fingerprint density at radius 2 is 1.89 bits per heavy atom. The van der Waals surface area contributed by atoms with Crippen LogP contribution in [0.15, 0.2) is 47.5 Å². The molecule has 0 fully saturated rings. The minimum absolute atomic E-state index is 0.0688. The molecule has 0 bridgehead atoms. The van der Waals surface area contributed by atoms with Crippen LogP contribution in [0.3, 0.4) is 0 Å². The summed E-state index contributed by atoms with van der Waals surface area (Å²) in [6, 6.07) is 7.84. The van der Waals surface area contributed by atoms with Gasteiger partial charge in [0, 0.05) is 11.8 Å². The van der Waals surface area contributed by atoms with Crippen LogP contribution < -0.4 is 16.0 Å². The Kier molecular flexibility index (Phi) is 7.20. The Morgan fingerprint density at radius 1 is 1.19 bits per heavy atom. The predicted molar refractivity (Wildman–Crippen MR) is 123 cm³/mol. The third kappa shape index (κ3) is 5.38. The summed E-state index contributed by atoms with van der Waals surface area (Å²) in [7, 11) is 0. The quantitative estimate of drug-likeness (QED) is 0.485. The SMILES string of the molecule is CCOc1cc(-c2ccc(CC(N)=O)c(F)c2)cn(-c2cnc(C(C)(C)C#N)c(C(F)(F)F)c2)c1=O. The molecule has 7 nitrogen and oxygen atoms in total. The van der Waals surface area contributed by atoms with Crippen molar-refractivity contribution in [1.82, 2.24) is 9.55 Å². The third-order valence-electron chi connectivity index (χ3n) is 5.36. The first-order valence-corrected chi connectivity index (χ1v) is 10.7. The Hall–Kier alpha value is -4.20. The van der Waals surface area contributed by atoms with Crippen LogP contribution in [-0.4, -0.2) is 22.1 Å². The van der Waals surface area contributed by atoms with Crippen molar-refractivity contribution < 1.29 is 27.1 Å². The summed E-state index contributed by atoms with van der Waals surface area (Å²) in [5.74, 6) is -1.61. The number of halogens is 4. The maximum Gasteiger partial charge on any atom is 0.418 e. The van der Waals surface area contributed by atoms with Crippen LogP contribution in [0.2, 0.25) is 0 Å². The molecular formula is C25H22F4N4O3. The van der Waals surface area contributed by atoms with Gasteiger partial charge < -0.3 is 10.5 Å². The molecule has 0 saturated carbocycles. The van der Waals surface area contributed by atoms with Crippen molar-refractivity contribution in [2.75, 3.05) is 6.61 Å². The summed E-state index contributed by atoms with van der Waals surface area (Å²) in [5, 5.41) is 9.33. The summed E-state index contributed by atoms with van der Waals surface area (Å²) in [4.78, 5) is 28.1. The van der Waals surface area contributed by atoms with Crippen molar-refractivity contribution in [3.8, 4) is 28.6 Å². The van der Waals surface area contributed by atoms with Gasteiger partial charge in [0.05, 0.1) is 47.7 Å². The van der Waals surface area contributed by atoms with Crippen LogP contribution in [0.25, 0.3) is 16.8 Å². The molecule has 188 valence electrons. The number of carbonyl (C=O) groups is 1. The van der Waals surface area contributed by atoms with Gasteiger partial charge in [0.25, 0.3) is 5.56 Å². The highest BCUT2D eigenvalue weighted by molar-refractivity contribution is 5.77. The van der Waals surface area contributed by atoms with Gasteiger partial charge in [0.2, 0.25) is 5.91 Å². The number of rotatable bonds is 7. The highest BCUT2D eigenvalue weighted by Crippen LogP contribution is 2.37. The van der Waals surface area contributed by atoms with E-state index >= 15 is 0 Å². The van der Waals surface area contributed by atoms with Gasteiger partial charge in [-0.25, -0.2) is 4.39 Å². The second-order valence-corrected chi connectivity index (χ2v) is 8.47. The number of nitrogens with zero attached hydrogens (tertiary/aromatic N) is 3. The van der Waals surface area contributed by atoms with Crippen LogP contribution in [0.1, 0.15) is 37.6 Å². The number of amides is 1. The molecule has 2 N–H and O–H groups in total. The minimum Gasteiger partial charge on any atom is -0.488 e. The number of primary amides is 1. The van der Waals surface area contributed by atoms with Crippen molar-refractivity contribution in [3.05, 3.63) is 75.7 Å². The first-order chi connectivity index (χ1) is 16.8. The second-order valence-electron chi connectivity index (χ2n) is 8.47. The molecule has 11 heteroatoms. The van der Waals surface area contributed by atoms with E-state index in [2.05, 4.69) is 4.98 Å². The molecule has 0 aliphatic rings. The van der Waals surface area contributed by atoms with E-state index in [1.165, 1.54) is 38.2 Å². The molecule has 3 aromatic rings. The van der Waals surface area contributed by atoms with Crippen molar-refractivity contribution in [2.45, 2.75) is 38.8 Å². The Bertz CT molecular complexity index is 1420. The summed E-state index contributed by atoms with van der Waals surface area (Å²) in [6.07, 6.45) is -2.87. The Morgan fingerprint density at radius 3 is 2.44 bits per heavy atom. The molecule has 1 aromatic carbocycles. The average Bonchev–Trinajstić information content (AvgIpc) is 2.80. The number of pyridine rings is 2. The lowest BCUT2D eigenvalue weighted by Gasteiger charge is -2.21. The van der Waals surface area contributed by atoms with Crippen LogP contribution in [0.5, 0.6) is 5.75 Å². The number of alkyl halides is 3. The first kappa shape index (κ1) is 26.4. The van der Waals surface area contributed by atoms with Crippen molar-refractivity contribution in [3.63, 3.8) is 0 Å². The van der Waals surface area contributed by atoms with E-state index in [0.717, 1.165) is 22.9 Å². The fourth-order valence-electron chi connectivity index (χ4n) is 3.58. The van der Waals surface area contributed by atoms with E-state index in [1.54, 1.807) is 13.0 Å². The second kappa shape index (κ2) is 9.81. The van der Waals surface area contributed by atoms with Crippen molar-refractivity contribution >= 4 is 5.91 Å². The summed E-state index contributed by atoms with van der Waals surface area (Å²) in [5.41, 5.74) is 1.56. The van der Waals surface area contributed by atoms with E-state index in [1.807, 2.05) is 0 Å². The number of hydrogen-bond acceptors (Lipinski definition) is 5. The van der Waals surface area contributed by atoms with Gasteiger partial charge in [-0.2, -0.15) is 18.4 Å². The lowest BCUT2D eigenvalue weighted by Crippen LogP contribution is -2.25. The highest BCUT2D eigenvalue weighted by Gasteiger charge is 2.39. The van der Waals surface area contributed by atoms with E-state index in [-0.39, 0.29) is 41.2 Å². The third-order valence-corrected chi connectivity index (χ3v) is 5.36. The molecule has 0 aliphatic carbocycles. The lowest BCUT2D eigenvalue weighted by molar-refractivity contribution is -0.138. The summed E-state index contributed by atoms with van der Waals surface area (Å²) >= 11 is 0. The summed E-state index contributed by atoms with van der Waals surface area (Å²) < 4.78 is 62.5. The molecule has 2 aromatic heterocycles. The Balaban J connectivity index is 2.25. The fraction of sp³-hybridized carbons (Fsp3) is 0.280. The largest absolute Gasteiger partial charge is 0.488 e. The Labute approximate surface area is 203 Å². The van der Waals surface area contributed by atoms with Gasteiger partial charge in [-0.3, -0.25) is 19.1 Å². The molecule has 0 unspecified atom stereocenters. The van der Waals surface area contributed by atoms with E-state index in [4.69, 9.17) is 10.5 Å². The molecule has 0 atom stereocenters. The zero-order chi connectivity index (χ0) is 26.8. The number of nitrogens with two attached hydrogens (primary N) is 1. The predicted octanol–water partition coefficient (Wildman–Crippen LogP) is 4.29. The molecule has 36 heavy (non-hydrogen) atoms. The first-order valence-electron chi connectivity index (χ1n) is 10.7. The van der Waals surface area contributed by atoms with Gasteiger partial charge in [-0.15, -0.1) is 0 Å². The fourth-order valence-corrected chi connectivity index (χ4v) is 3.58. The van der Waals surface area contributed by atoms with Gasteiger partial charge in [-0.05, 0) is 50.1 Å². The molecule has 0 saturated heterocycles. The van der Waals surface area contributed by atoms with Crippen LogP contribution in [0, 0.1) is 17.1 Å². The van der Waals surface area contributed by atoms with E-state index < -0.39 is 40.1 Å². The van der Waals surface area contributed by atoms with E-state index in [0.29, 0.717) is 0 Å². The average molecular weight is 502 g/mol. The maximum absolute atomic E-state index is 14.6. The normalized spacial score (nSPS) is 11.7. The van der Waals surface area contributed by atoms with Gasteiger partial charge in [0.15, 0.2) is 5.75 Å². The minimum atomic E-state index is -4.85. The lowest BCUT2D eigenvalue weighted by atomic mass is 9.87.